The number of carbonyl (C=O) groups is 1. The average molecular weight is 393 g/mol. The minimum atomic E-state index is -4.48. The number of hydrogen-bond donors (Lipinski definition) is 1. The van der Waals surface area contributed by atoms with Crippen LogP contribution in [0.25, 0.3) is 10.9 Å². The first-order valence-corrected chi connectivity index (χ1v) is 8.53. The van der Waals surface area contributed by atoms with Crippen molar-refractivity contribution < 1.29 is 22.4 Å². The van der Waals surface area contributed by atoms with Crippen molar-refractivity contribution in [3.63, 3.8) is 0 Å². The van der Waals surface area contributed by atoms with Gasteiger partial charge in [-0.25, -0.2) is 14.4 Å². The van der Waals surface area contributed by atoms with E-state index in [1.54, 1.807) is 22.1 Å². The number of alkyl halides is 3. The molecule has 1 aliphatic heterocycles. The molecule has 0 saturated carbocycles. The van der Waals surface area contributed by atoms with Gasteiger partial charge in [-0.15, -0.1) is 0 Å². The molecule has 1 amide bonds. The molecule has 1 saturated heterocycles. The minimum absolute atomic E-state index is 0.189. The zero-order valence-electron chi connectivity index (χ0n) is 14.5. The largest absolute Gasteiger partial charge is 0.419 e. The van der Waals surface area contributed by atoms with Gasteiger partial charge >= 0.3 is 6.18 Å². The highest BCUT2D eigenvalue weighted by Crippen LogP contribution is 2.28. The Labute approximate surface area is 156 Å². The normalized spacial score (nSPS) is 15.3. The van der Waals surface area contributed by atoms with Gasteiger partial charge in [0.1, 0.15) is 5.82 Å². The molecule has 1 N–H and O–H groups in total. The van der Waals surface area contributed by atoms with Gasteiger partial charge in [0, 0.05) is 55.7 Å². The number of amides is 1. The average Bonchev–Trinajstić information content (AvgIpc) is 3.10. The molecular formula is C18H15F4N5O. The van der Waals surface area contributed by atoms with Crippen molar-refractivity contribution in [2.75, 3.05) is 31.1 Å². The van der Waals surface area contributed by atoms with Crippen molar-refractivity contribution >= 4 is 22.8 Å². The molecule has 1 fully saturated rings. The number of hydrogen-bond acceptors (Lipinski definition) is 4. The Kier molecular flexibility index (Phi) is 4.40. The van der Waals surface area contributed by atoms with Crippen molar-refractivity contribution in [1.82, 2.24) is 19.9 Å². The monoisotopic (exact) mass is 393 g/mol. The highest BCUT2D eigenvalue weighted by Gasteiger charge is 2.32. The van der Waals surface area contributed by atoms with E-state index in [4.69, 9.17) is 0 Å². The number of carbonyl (C=O) groups excluding carboxylic acids is 1. The lowest BCUT2D eigenvalue weighted by Crippen LogP contribution is -2.49. The third-order valence-corrected chi connectivity index (χ3v) is 4.69. The molecule has 0 bridgehead atoms. The molecular weight excluding hydrogens is 378 g/mol. The van der Waals surface area contributed by atoms with Crippen molar-refractivity contribution in [2.24, 2.45) is 0 Å². The molecule has 0 aliphatic carbocycles. The predicted molar refractivity (Wildman–Crippen MR) is 93.4 cm³/mol. The van der Waals surface area contributed by atoms with Crippen LogP contribution >= 0.6 is 0 Å². The summed E-state index contributed by atoms with van der Waals surface area (Å²) in [6, 6.07) is 4.20. The summed E-state index contributed by atoms with van der Waals surface area (Å²) in [5.41, 5.74) is 0.145. The fourth-order valence-electron chi connectivity index (χ4n) is 3.18. The first kappa shape index (κ1) is 18.2. The van der Waals surface area contributed by atoms with Crippen molar-refractivity contribution in [3.8, 4) is 0 Å². The summed E-state index contributed by atoms with van der Waals surface area (Å²) in [7, 11) is 0. The summed E-state index contributed by atoms with van der Waals surface area (Å²) < 4.78 is 51.3. The van der Waals surface area contributed by atoms with E-state index in [1.165, 1.54) is 12.1 Å². The molecule has 4 rings (SSSR count). The maximum atomic E-state index is 13.5. The van der Waals surface area contributed by atoms with Crippen LogP contribution in [0.3, 0.4) is 0 Å². The van der Waals surface area contributed by atoms with E-state index in [1.807, 2.05) is 0 Å². The number of aromatic nitrogens is 3. The predicted octanol–water partition coefficient (Wildman–Crippen LogP) is 3.08. The lowest BCUT2D eigenvalue weighted by atomic mass is 10.1. The zero-order chi connectivity index (χ0) is 19.9. The number of rotatable bonds is 2. The maximum Gasteiger partial charge on any atom is 0.419 e. The molecule has 0 atom stereocenters. The standard InChI is InChI=1S/C18H15F4N5O/c19-12-1-2-15-13(7-12)14(10-23-15)16(28)26-3-5-27(6-4-26)17-24-8-11(9-25-17)18(20,21)22/h1-2,7-10,23H,3-6H2. The fourth-order valence-corrected chi connectivity index (χ4v) is 3.18. The summed E-state index contributed by atoms with van der Waals surface area (Å²) in [5, 5.41) is 0.513. The van der Waals surface area contributed by atoms with E-state index in [0.29, 0.717) is 42.6 Å². The third-order valence-electron chi connectivity index (χ3n) is 4.69. The quantitative estimate of drug-likeness (QED) is 0.680. The van der Waals surface area contributed by atoms with Gasteiger partial charge < -0.3 is 14.8 Å². The lowest BCUT2D eigenvalue weighted by Gasteiger charge is -2.34. The lowest BCUT2D eigenvalue weighted by molar-refractivity contribution is -0.138. The number of fused-ring (bicyclic) bond motifs is 1. The molecule has 0 unspecified atom stereocenters. The Morgan fingerprint density at radius 3 is 2.39 bits per heavy atom. The number of aromatic amines is 1. The van der Waals surface area contributed by atoms with E-state index in [2.05, 4.69) is 15.0 Å². The topological polar surface area (TPSA) is 65.1 Å². The summed E-state index contributed by atoms with van der Waals surface area (Å²) in [5.74, 6) is -0.468. The van der Waals surface area contributed by atoms with Crippen LogP contribution in [-0.2, 0) is 6.18 Å². The van der Waals surface area contributed by atoms with Gasteiger partial charge in [0.05, 0.1) is 11.1 Å². The van der Waals surface area contributed by atoms with Crippen LogP contribution in [0.5, 0.6) is 0 Å². The molecule has 146 valence electrons. The second-order valence-corrected chi connectivity index (χ2v) is 6.44. The van der Waals surface area contributed by atoms with Crippen molar-refractivity contribution in [1.29, 1.82) is 0 Å². The molecule has 6 nitrogen and oxygen atoms in total. The zero-order valence-corrected chi connectivity index (χ0v) is 14.5. The Balaban J connectivity index is 1.45. The molecule has 1 aromatic carbocycles. The van der Waals surface area contributed by atoms with Gasteiger partial charge in [0.2, 0.25) is 5.95 Å². The first-order chi connectivity index (χ1) is 13.3. The van der Waals surface area contributed by atoms with Gasteiger partial charge in [0.15, 0.2) is 0 Å². The van der Waals surface area contributed by atoms with Crippen LogP contribution in [0, 0.1) is 5.82 Å². The van der Waals surface area contributed by atoms with Crippen molar-refractivity contribution in [2.45, 2.75) is 6.18 Å². The van der Waals surface area contributed by atoms with Crippen LogP contribution in [0.4, 0.5) is 23.5 Å². The molecule has 2 aromatic heterocycles. The Morgan fingerprint density at radius 2 is 1.75 bits per heavy atom. The number of halogens is 4. The second kappa shape index (κ2) is 6.77. The Morgan fingerprint density at radius 1 is 1.07 bits per heavy atom. The number of H-pyrrole nitrogens is 1. The van der Waals surface area contributed by atoms with Crippen LogP contribution in [0.2, 0.25) is 0 Å². The SMILES string of the molecule is O=C(c1c[nH]c2ccc(F)cc12)N1CCN(c2ncc(C(F)(F)F)cn2)CC1. The number of nitrogens with one attached hydrogen (secondary N) is 1. The minimum Gasteiger partial charge on any atom is -0.360 e. The number of benzene rings is 1. The van der Waals surface area contributed by atoms with Crippen molar-refractivity contribution in [3.05, 3.63) is 53.7 Å². The van der Waals surface area contributed by atoms with Gasteiger partial charge in [-0.2, -0.15) is 13.2 Å². The molecule has 28 heavy (non-hydrogen) atoms. The van der Waals surface area contributed by atoms with Crippen LogP contribution in [-0.4, -0.2) is 51.9 Å². The summed E-state index contributed by atoms with van der Waals surface area (Å²) in [4.78, 5) is 26.7. The summed E-state index contributed by atoms with van der Waals surface area (Å²) >= 11 is 0. The van der Waals surface area contributed by atoms with E-state index >= 15 is 0 Å². The first-order valence-electron chi connectivity index (χ1n) is 8.53. The molecule has 10 heteroatoms. The summed E-state index contributed by atoms with van der Waals surface area (Å²) in [6.07, 6.45) is -1.43. The Hall–Kier alpha value is -3.17. The molecule has 3 aromatic rings. The fraction of sp³-hybridized carbons (Fsp3) is 0.278. The van der Waals surface area contributed by atoms with Crippen LogP contribution in [0.1, 0.15) is 15.9 Å². The highest BCUT2D eigenvalue weighted by molar-refractivity contribution is 6.06. The van der Waals surface area contributed by atoms with Gasteiger partial charge in [-0.3, -0.25) is 4.79 Å². The van der Waals surface area contributed by atoms with Gasteiger partial charge in [-0.1, -0.05) is 0 Å². The smallest absolute Gasteiger partial charge is 0.360 e. The second-order valence-electron chi connectivity index (χ2n) is 6.44. The van der Waals surface area contributed by atoms with E-state index < -0.39 is 17.6 Å². The third kappa shape index (κ3) is 3.37. The van der Waals surface area contributed by atoms with E-state index in [0.717, 1.165) is 12.4 Å². The number of piperazine rings is 1. The summed E-state index contributed by atoms with van der Waals surface area (Å²) in [6.45, 7) is 1.47. The number of nitrogens with zero attached hydrogens (tertiary/aromatic N) is 4. The van der Waals surface area contributed by atoms with Gasteiger partial charge in [-0.05, 0) is 18.2 Å². The van der Waals surface area contributed by atoms with E-state index in [9.17, 15) is 22.4 Å². The highest BCUT2D eigenvalue weighted by atomic mass is 19.4. The van der Waals surface area contributed by atoms with E-state index in [-0.39, 0.29) is 11.9 Å². The van der Waals surface area contributed by atoms with Gasteiger partial charge in [0.25, 0.3) is 5.91 Å². The molecule has 0 radical (unpaired) electrons. The van der Waals surface area contributed by atoms with Crippen LogP contribution < -0.4 is 4.90 Å². The number of anilines is 1. The molecule has 3 heterocycles. The maximum absolute atomic E-state index is 13.5. The van der Waals surface area contributed by atoms with Crippen LogP contribution in [0.15, 0.2) is 36.8 Å². The molecule has 0 spiro atoms. The Bertz CT molecular complexity index is 1010. The molecule has 1 aliphatic rings.